The van der Waals surface area contributed by atoms with Crippen LogP contribution in [0, 0.1) is 0 Å². The van der Waals surface area contributed by atoms with Crippen molar-refractivity contribution in [2.24, 2.45) is 5.73 Å². The van der Waals surface area contributed by atoms with Crippen LogP contribution in [0.2, 0.25) is 0 Å². The van der Waals surface area contributed by atoms with Crippen molar-refractivity contribution in [1.82, 2.24) is 0 Å². The number of esters is 1. The molecule has 86 valence electrons. The maximum Gasteiger partial charge on any atom is 0.343 e. The van der Waals surface area contributed by atoms with E-state index >= 15 is 0 Å². The van der Waals surface area contributed by atoms with Gasteiger partial charge in [0.25, 0.3) is 0 Å². The number of ether oxygens (including phenoxy) is 1. The van der Waals surface area contributed by atoms with Gasteiger partial charge in [0.1, 0.15) is 17.5 Å². The Bertz CT molecular complexity index is 426. The van der Waals surface area contributed by atoms with Gasteiger partial charge in [-0.15, -0.1) is 0 Å². The molecule has 1 aromatic carbocycles. The monoisotopic (exact) mass is 223 g/mol. The summed E-state index contributed by atoms with van der Waals surface area (Å²) in [6, 6.07) is 4.29. The lowest BCUT2D eigenvalue weighted by atomic mass is 10.1. The molecule has 0 aliphatic carbocycles. The van der Waals surface area contributed by atoms with Crippen molar-refractivity contribution >= 4 is 11.8 Å². The van der Waals surface area contributed by atoms with Crippen LogP contribution in [0.4, 0.5) is 0 Å². The quantitative estimate of drug-likeness (QED) is 0.454. The van der Waals surface area contributed by atoms with Gasteiger partial charge >= 0.3 is 5.97 Å². The van der Waals surface area contributed by atoms with Gasteiger partial charge in [0.05, 0.1) is 5.56 Å². The summed E-state index contributed by atoms with van der Waals surface area (Å²) >= 11 is 0. The van der Waals surface area contributed by atoms with Crippen molar-refractivity contribution in [3.63, 3.8) is 0 Å². The number of ketones is 1. The van der Waals surface area contributed by atoms with Crippen LogP contribution in [0.3, 0.4) is 0 Å². The molecule has 0 saturated carbocycles. The Morgan fingerprint density at radius 2 is 1.94 bits per heavy atom. The summed E-state index contributed by atoms with van der Waals surface area (Å²) in [6.45, 7) is 2.79. The van der Waals surface area contributed by atoms with Gasteiger partial charge in [-0.2, -0.15) is 0 Å². The lowest BCUT2D eigenvalue weighted by Gasteiger charge is -2.10. The van der Waals surface area contributed by atoms with Gasteiger partial charge in [-0.05, 0) is 26.0 Å². The summed E-state index contributed by atoms with van der Waals surface area (Å²) in [5.41, 5.74) is 5.30. The fourth-order valence-electron chi connectivity index (χ4n) is 1.22. The summed E-state index contributed by atoms with van der Waals surface area (Å²) in [5.74, 6) is -1.45. The highest BCUT2D eigenvalue weighted by atomic mass is 16.6. The number of hydrogen-bond donors (Lipinski definition) is 2. The van der Waals surface area contributed by atoms with Crippen LogP contribution >= 0.6 is 0 Å². The number of carbonyl (C=O) groups excluding carboxylic acids is 2. The molecular formula is C11H13NO4. The van der Waals surface area contributed by atoms with Crippen LogP contribution in [0.5, 0.6) is 5.75 Å². The van der Waals surface area contributed by atoms with Gasteiger partial charge in [0.15, 0.2) is 5.78 Å². The molecule has 0 heterocycles. The molecule has 5 heteroatoms. The zero-order valence-corrected chi connectivity index (χ0v) is 9.06. The van der Waals surface area contributed by atoms with E-state index in [2.05, 4.69) is 0 Å². The second kappa shape index (κ2) is 4.76. The van der Waals surface area contributed by atoms with Gasteiger partial charge in [0, 0.05) is 0 Å². The van der Waals surface area contributed by atoms with Crippen molar-refractivity contribution in [1.29, 1.82) is 0 Å². The van der Waals surface area contributed by atoms with Gasteiger partial charge < -0.3 is 9.84 Å². The standard InChI is InChI=1S/C11H13NO4/c1-6(13)8-4-3-5-9(10(8)14)11(15)16-7(2)12/h3-5,7,14H,12H2,1-2H3. The molecule has 0 bridgehead atoms. The Morgan fingerprint density at radius 1 is 1.38 bits per heavy atom. The molecule has 0 aromatic heterocycles. The van der Waals surface area contributed by atoms with E-state index < -0.39 is 12.2 Å². The minimum absolute atomic E-state index is 0.0648. The highest BCUT2D eigenvalue weighted by molar-refractivity contribution is 6.02. The topological polar surface area (TPSA) is 89.6 Å². The molecule has 5 nitrogen and oxygen atoms in total. The number of aromatic hydroxyl groups is 1. The fourth-order valence-corrected chi connectivity index (χ4v) is 1.22. The maximum absolute atomic E-state index is 11.5. The van der Waals surface area contributed by atoms with Crippen LogP contribution in [0.25, 0.3) is 0 Å². The Labute approximate surface area is 92.8 Å². The van der Waals surface area contributed by atoms with Crippen LogP contribution in [0.15, 0.2) is 18.2 Å². The van der Waals surface area contributed by atoms with Gasteiger partial charge in [-0.25, -0.2) is 4.79 Å². The zero-order chi connectivity index (χ0) is 12.3. The number of para-hydroxylation sites is 1. The third-order valence-electron chi connectivity index (χ3n) is 1.93. The molecule has 0 fully saturated rings. The predicted octanol–water partition coefficient (Wildman–Crippen LogP) is 1.06. The molecular weight excluding hydrogens is 210 g/mol. The van der Waals surface area contributed by atoms with Crippen molar-refractivity contribution in [2.45, 2.75) is 20.1 Å². The number of carbonyl (C=O) groups is 2. The smallest absolute Gasteiger partial charge is 0.343 e. The zero-order valence-electron chi connectivity index (χ0n) is 9.06. The maximum atomic E-state index is 11.5. The van der Waals surface area contributed by atoms with E-state index in [4.69, 9.17) is 10.5 Å². The Morgan fingerprint density at radius 3 is 2.44 bits per heavy atom. The van der Waals surface area contributed by atoms with Crippen molar-refractivity contribution in [2.75, 3.05) is 0 Å². The number of phenols is 1. The number of phenolic OH excluding ortho intramolecular Hbond substituents is 1. The molecule has 0 aliphatic heterocycles. The Balaban J connectivity index is 3.10. The van der Waals surface area contributed by atoms with Crippen molar-refractivity contribution < 1.29 is 19.4 Å². The SMILES string of the molecule is CC(=O)c1cccc(C(=O)OC(C)N)c1O. The first-order chi connectivity index (χ1) is 7.43. The molecule has 0 aliphatic rings. The summed E-state index contributed by atoms with van der Waals surface area (Å²) < 4.78 is 4.72. The largest absolute Gasteiger partial charge is 0.506 e. The third kappa shape index (κ3) is 2.58. The molecule has 1 unspecified atom stereocenters. The lowest BCUT2D eigenvalue weighted by molar-refractivity contribution is 0.0352. The van der Waals surface area contributed by atoms with E-state index in [-0.39, 0.29) is 22.7 Å². The number of rotatable bonds is 3. The number of Topliss-reactive ketones (excluding diaryl/α,β-unsaturated/α-hetero) is 1. The van der Waals surface area contributed by atoms with Crippen LogP contribution in [-0.4, -0.2) is 23.1 Å². The second-order valence-corrected chi connectivity index (χ2v) is 3.37. The van der Waals surface area contributed by atoms with Gasteiger partial charge in [0.2, 0.25) is 0 Å². The van der Waals surface area contributed by atoms with E-state index in [9.17, 15) is 14.7 Å². The highest BCUT2D eigenvalue weighted by Crippen LogP contribution is 2.23. The molecule has 0 spiro atoms. The molecule has 16 heavy (non-hydrogen) atoms. The third-order valence-corrected chi connectivity index (χ3v) is 1.93. The summed E-state index contributed by atoms with van der Waals surface area (Å²) in [5, 5.41) is 9.68. The first kappa shape index (κ1) is 12.2. The minimum atomic E-state index is -0.770. The summed E-state index contributed by atoms with van der Waals surface area (Å²) in [4.78, 5) is 22.6. The van der Waals surface area contributed by atoms with Crippen molar-refractivity contribution in [3.05, 3.63) is 29.3 Å². The lowest BCUT2D eigenvalue weighted by Crippen LogP contribution is -2.23. The van der Waals surface area contributed by atoms with E-state index in [1.807, 2.05) is 0 Å². The fraction of sp³-hybridized carbons (Fsp3) is 0.273. The van der Waals surface area contributed by atoms with Crippen LogP contribution < -0.4 is 5.73 Å². The molecule has 1 atom stereocenters. The number of hydrogen-bond acceptors (Lipinski definition) is 5. The molecule has 0 amide bonds. The summed E-state index contributed by atoms with van der Waals surface area (Å²) in [6.07, 6.45) is -0.770. The second-order valence-electron chi connectivity index (χ2n) is 3.37. The van der Waals surface area contributed by atoms with Gasteiger partial charge in [-0.3, -0.25) is 10.5 Å². The van der Waals surface area contributed by atoms with Crippen molar-refractivity contribution in [3.8, 4) is 5.75 Å². The van der Waals surface area contributed by atoms with Crippen LogP contribution in [0.1, 0.15) is 34.6 Å². The highest BCUT2D eigenvalue weighted by Gasteiger charge is 2.18. The molecule has 1 rings (SSSR count). The van der Waals surface area contributed by atoms with Gasteiger partial charge in [-0.1, -0.05) is 6.07 Å². The number of benzene rings is 1. The van der Waals surface area contributed by atoms with E-state index in [0.29, 0.717) is 0 Å². The van der Waals surface area contributed by atoms with E-state index in [0.717, 1.165) is 0 Å². The minimum Gasteiger partial charge on any atom is -0.506 e. The number of nitrogens with two attached hydrogens (primary N) is 1. The Kier molecular flexibility index (Phi) is 3.63. The molecule has 0 radical (unpaired) electrons. The molecule has 1 aromatic rings. The summed E-state index contributed by atoms with van der Waals surface area (Å²) in [7, 11) is 0. The average molecular weight is 223 g/mol. The first-order valence-electron chi connectivity index (χ1n) is 4.73. The normalized spacial score (nSPS) is 11.9. The van der Waals surface area contributed by atoms with E-state index in [1.165, 1.54) is 32.0 Å². The molecule has 0 saturated heterocycles. The molecule has 3 N–H and O–H groups in total. The Hall–Kier alpha value is -1.88. The van der Waals surface area contributed by atoms with E-state index in [1.54, 1.807) is 0 Å². The average Bonchev–Trinajstić information content (AvgIpc) is 2.16. The van der Waals surface area contributed by atoms with Crippen LogP contribution in [-0.2, 0) is 4.74 Å². The predicted molar refractivity (Wildman–Crippen MR) is 57.2 cm³/mol. The first-order valence-corrected chi connectivity index (χ1v) is 4.73.